The van der Waals surface area contributed by atoms with E-state index in [4.69, 9.17) is 0 Å². The zero-order valence-electron chi connectivity index (χ0n) is 15.2. The van der Waals surface area contributed by atoms with Gasteiger partial charge in [0.25, 0.3) is 0 Å². The number of amides is 1. The van der Waals surface area contributed by atoms with Gasteiger partial charge in [0.15, 0.2) is 11.0 Å². The van der Waals surface area contributed by atoms with E-state index in [1.807, 2.05) is 17.0 Å². The molecule has 0 aliphatic carbocycles. The topological polar surface area (TPSA) is 51.0 Å². The van der Waals surface area contributed by atoms with E-state index in [1.54, 1.807) is 0 Å². The maximum Gasteiger partial charge on any atom is 0.233 e. The molecule has 6 heteroatoms. The van der Waals surface area contributed by atoms with Gasteiger partial charge in [-0.05, 0) is 45.6 Å². The van der Waals surface area contributed by atoms with Crippen LogP contribution in [0.5, 0.6) is 0 Å². The third-order valence-electron chi connectivity index (χ3n) is 4.87. The van der Waals surface area contributed by atoms with Crippen LogP contribution in [0.2, 0.25) is 0 Å². The lowest BCUT2D eigenvalue weighted by molar-refractivity contribution is -0.131. The van der Waals surface area contributed by atoms with Crippen LogP contribution >= 0.6 is 11.8 Å². The Balaban J connectivity index is 1.73. The van der Waals surface area contributed by atoms with E-state index >= 15 is 0 Å². The number of aryl methyl sites for hydroxylation is 1. The number of rotatable bonds is 5. The number of nitrogens with zero attached hydrogens (tertiary/aromatic N) is 4. The van der Waals surface area contributed by atoms with Crippen LogP contribution in [0, 0.1) is 6.92 Å². The normalized spacial score (nSPS) is 17.7. The van der Waals surface area contributed by atoms with E-state index in [0.717, 1.165) is 42.5 Å². The Morgan fingerprint density at radius 1 is 1.28 bits per heavy atom. The highest BCUT2D eigenvalue weighted by molar-refractivity contribution is 7.99. The van der Waals surface area contributed by atoms with Crippen LogP contribution in [0.3, 0.4) is 0 Å². The van der Waals surface area contributed by atoms with Crippen molar-refractivity contribution < 1.29 is 4.79 Å². The van der Waals surface area contributed by atoms with Crippen molar-refractivity contribution in [2.45, 2.75) is 57.8 Å². The average molecular weight is 359 g/mol. The SMILES string of the molecule is CCn1c(SCC(=O)N2CCCC[C@H]2C)nnc1-c1ccccc1C. The second-order valence-corrected chi connectivity index (χ2v) is 7.53. The first kappa shape index (κ1) is 18.0. The van der Waals surface area contributed by atoms with Crippen molar-refractivity contribution in [3.8, 4) is 11.4 Å². The van der Waals surface area contributed by atoms with E-state index in [-0.39, 0.29) is 5.91 Å². The Hall–Kier alpha value is -1.82. The Kier molecular flexibility index (Phi) is 5.78. The molecular weight excluding hydrogens is 332 g/mol. The molecule has 0 bridgehead atoms. The van der Waals surface area contributed by atoms with E-state index in [2.05, 4.69) is 47.7 Å². The van der Waals surface area contributed by atoms with Crippen LogP contribution in [0.15, 0.2) is 29.4 Å². The highest BCUT2D eigenvalue weighted by Gasteiger charge is 2.24. The minimum Gasteiger partial charge on any atom is -0.339 e. The summed E-state index contributed by atoms with van der Waals surface area (Å²) in [6.45, 7) is 7.98. The van der Waals surface area contributed by atoms with Gasteiger partial charge in [0.05, 0.1) is 5.75 Å². The smallest absolute Gasteiger partial charge is 0.233 e. The number of carbonyl (C=O) groups excluding carboxylic acids is 1. The van der Waals surface area contributed by atoms with E-state index in [0.29, 0.717) is 11.8 Å². The summed E-state index contributed by atoms with van der Waals surface area (Å²) in [5.41, 5.74) is 2.28. The first-order valence-corrected chi connectivity index (χ1v) is 10.0. The zero-order valence-corrected chi connectivity index (χ0v) is 16.1. The zero-order chi connectivity index (χ0) is 17.8. The minimum absolute atomic E-state index is 0.209. The van der Waals surface area contributed by atoms with Crippen LogP contribution in [-0.2, 0) is 11.3 Å². The van der Waals surface area contributed by atoms with Gasteiger partial charge in [-0.25, -0.2) is 0 Å². The molecule has 0 N–H and O–H groups in total. The molecular formula is C19H26N4OS. The largest absolute Gasteiger partial charge is 0.339 e. The lowest BCUT2D eigenvalue weighted by atomic mass is 10.0. The van der Waals surface area contributed by atoms with Crippen molar-refractivity contribution in [1.29, 1.82) is 0 Å². The van der Waals surface area contributed by atoms with Crippen LogP contribution in [0.4, 0.5) is 0 Å². The molecule has 1 aliphatic rings. The number of hydrogen-bond acceptors (Lipinski definition) is 4. The monoisotopic (exact) mass is 358 g/mol. The van der Waals surface area contributed by atoms with Crippen LogP contribution < -0.4 is 0 Å². The molecule has 0 saturated carbocycles. The van der Waals surface area contributed by atoms with Crippen molar-refractivity contribution in [2.24, 2.45) is 0 Å². The van der Waals surface area contributed by atoms with Gasteiger partial charge in [0.2, 0.25) is 5.91 Å². The summed E-state index contributed by atoms with van der Waals surface area (Å²) in [7, 11) is 0. The van der Waals surface area contributed by atoms with Crippen molar-refractivity contribution in [2.75, 3.05) is 12.3 Å². The summed E-state index contributed by atoms with van der Waals surface area (Å²) in [5, 5.41) is 9.55. The number of hydrogen-bond donors (Lipinski definition) is 0. The molecule has 2 heterocycles. The molecule has 1 saturated heterocycles. The second-order valence-electron chi connectivity index (χ2n) is 6.59. The molecule has 25 heavy (non-hydrogen) atoms. The molecule has 2 aromatic rings. The van der Waals surface area contributed by atoms with Gasteiger partial charge in [0, 0.05) is 24.7 Å². The minimum atomic E-state index is 0.209. The highest BCUT2D eigenvalue weighted by atomic mass is 32.2. The Morgan fingerprint density at radius 3 is 2.80 bits per heavy atom. The molecule has 0 spiro atoms. The number of thioether (sulfide) groups is 1. The van der Waals surface area contributed by atoms with E-state index < -0.39 is 0 Å². The van der Waals surface area contributed by atoms with E-state index in [9.17, 15) is 4.79 Å². The van der Waals surface area contributed by atoms with Crippen molar-refractivity contribution in [3.05, 3.63) is 29.8 Å². The second kappa shape index (κ2) is 8.04. The van der Waals surface area contributed by atoms with Crippen LogP contribution in [-0.4, -0.2) is 43.9 Å². The van der Waals surface area contributed by atoms with Gasteiger partial charge in [-0.15, -0.1) is 10.2 Å². The van der Waals surface area contributed by atoms with Gasteiger partial charge in [-0.1, -0.05) is 36.0 Å². The van der Waals surface area contributed by atoms with Gasteiger partial charge >= 0.3 is 0 Å². The Morgan fingerprint density at radius 2 is 2.08 bits per heavy atom. The molecule has 1 fully saturated rings. The van der Waals surface area contributed by atoms with Crippen molar-refractivity contribution in [3.63, 3.8) is 0 Å². The molecule has 1 amide bonds. The van der Waals surface area contributed by atoms with Gasteiger partial charge < -0.3 is 9.47 Å². The lowest BCUT2D eigenvalue weighted by Crippen LogP contribution is -2.43. The lowest BCUT2D eigenvalue weighted by Gasteiger charge is -2.33. The van der Waals surface area contributed by atoms with Crippen molar-refractivity contribution in [1.82, 2.24) is 19.7 Å². The summed E-state index contributed by atoms with van der Waals surface area (Å²) in [6.07, 6.45) is 3.45. The summed E-state index contributed by atoms with van der Waals surface area (Å²) in [6, 6.07) is 8.55. The number of aromatic nitrogens is 3. The molecule has 0 radical (unpaired) electrons. The van der Waals surface area contributed by atoms with Crippen LogP contribution in [0.25, 0.3) is 11.4 Å². The summed E-state index contributed by atoms with van der Waals surface area (Å²) in [4.78, 5) is 14.6. The number of carbonyl (C=O) groups is 1. The summed E-state index contributed by atoms with van der Waals surface area (Å²) < 4.78 is 2.10. The maximum atomic E-state index is 12.6. The van der Waals surface area contributed by atoms with Crippen molar-refractivity contribution >= 4 is 17.7 Å². The molecule has 1 aliphatic heterocycles. The first-order valence-electron chi connectivity index (χ1n) is 9.03. The third-order valence-corrected chi connectivity index (χ3v) is 5.82. The highest BCUT2D eigenvalue weighted by Crippen LogP contribution is 2.27. The average Bonchev–Trinajstić information content (AvgIpc) is 3.03. The van der Waals surface area contributed by atoms with Gasteiger partial charge in [-0.2, -0.15) is 0 Å². The van der Waals surface area contributed by atoms with E-state index in [1.165, 1.54) is 23.7 Å². The summed E-state index contributed by atoms with van der Waals surface area (Å²) >= 11 is 1.49. The predicted octanol–water partition coefficient (Wildman–Crippen LogP) is 3.77. The Labute approximate surface area is 153 Å². The van der Waals surface area contributed by atoms with Gasteiger partial charge in [0.1, 0.15) is 0 Å². The Bertz CT molecular complexity index is 743. The first-order chi connectivity index (χ1) is 12.1. The van der Waals surface area contributed by atoms with Crippen LogP contribution in [0.1, 0.15) is 38.7 Å². The molecule has 1 aromatic heterocycles. The number of benzene rings is 1. The molecule has 134 valence electrons. The molecule has 1 atom stereocenters. The van der Waals surface area contributed by atoms with Gasteiger partial charge in [-0.3, -0.25) is 4.79 Å². The quantitative estimate of drug-likeness (QED) is 0.764. The fourth-order valence-electron chi connectivity index (χ4n) is 3.38. The molecule has 1 aromatic carbocycles. The standard InChI is InChI=1S/C19H26N4OS/c1-4-22-18(16-11-6-5-9-14(16)2)20-21-19(22)25-13-17(24)23-12-8-7-10-15(23)3/h5-6,9,11,15H,4,7-8,10,12-13H2,1-3H3/t15-/m1/s1. The number of likely N-dealkylation sites (tertiary alicyclic amines) is 1. The fraction of sp³-hybridized carbons (Fsp3) is 0.526. The molecule has 3 rings (SSSR count). The molecule has 0 unspecified atom stereocenters. The number of piperidine rings is 1. The maximum absolute atomic E-state index is 12.6. The molecule has 5 nitrogen and oxygen atoms in total. The fourth-order valence-corrected chi connectivity index (χ4v) is 4.27. The summed E-state index contributed by atoms with van der Waals surface area (Å²) in [5.74, 6) is 1.51. The third kappa shape index (κ3) is 3.89. The predicted molar refractivity (Wildman–Crippen MR) is 102 cm³/mol.